The molecule has 0 spiro atoms. The Bertz CT molecular complexity index is 769. The first-order chi connectivity index (χ1) is 12.1. The van der Waals surface area contributed by atoms with Crippen LogP contribution in [-0.4, -0.2) is 29.7 Å². The summed E-state index contributed by atoms with van der Waals surface area (Å²) in [6.07, 6.45) is 4.04. The summed E-state index contributed by atoms with van der Waals surface area (Å²) in [7, 11) is 0. The number of likely N-dealkylation sites (tertiary alicyclic amines) is 1. The minimum atomic E-state index is -0.352. The van der Waals surface area contributed by atoms with Crippen LogP contribution >= 0.6 is 0 Å². The molecule has 0 N–H and O–H groups in total. The molecule has 1 aromatic heterocycles. The van der Waals surface area contributed by atoms with E-state index in [0.717, 1.165) is 25.0 Å². The zero-order chi connectivity index (χ0) is 17.4. The number of carbonyl (C=O) groups excluding carboxylic acids is 2. The Labute approximate surface area is 145 Å². The Morgan fingerprint density at radius 3 is 2.68 bits per heavy atom. The summed E-state index contributed by atoms with van der Waals surface area (Å²) in [5.41, 5.74) is 0.514. The van der Waals surface area contributed by atoms with Crippen molar-refractivity contribution in [2.24, 2.45) is 11.8 Å². The molecule has 1 aromatic carbocycles. The minimum absolute atomic E-state index is 0.00381. The highest BCUT2D eigenvalue weighted by atomic mass is 19.1. The van der Waals surface area contributed by atoms with Gasteiger partial charge in [0.05, 0.1) is 6.26 Å². The fraction of sp³-hybridized carbons (Fsp3) is 0.400. The molecule has 0 bridgehead atoms. The number of Topliss-reactive ketones (excluding diaryl/α,β-unsaturated/α-hetero) is 1. The van der Waals surface area contributed by atoms with Gasteiger partial charge in [0, 0.05) is 36.4 Å². The summed E-state index contributed by atoms with van der Waals surface area (Å²) in [4.78, 5) is 27.2. The van der Waals surface area contributed by atoms with E-state index in [9.17, 15) is 14.0 Å². The van der Waals surface area contributed by atoms with Crippen LogP contribution in [0.25, 0.3) is 0 Å². The molecule has 0 radical (unpaired) electrons. The number of nitrogens with zero attached hydrogens (tertiary/aromatic N) is 1. The fourth-order valence-corrected chi connectivity index (χ4v) is 3.76. The summed E-state index contributed by atoms with van der Waals surface area (Å²) in [6, 6.07) is 9.40. The molecule has 3 unspecified atom stereocenters. The van der Waals surface area contributed by atoms with Crippen molar-refractivity contribution >= 4 is 11.7 Å². The quantitative estimate of drug-likeness (QED) is 0.798. The van der Waals surface area contributed by atoms with Crippen LogP contribution in [0.4, 0.5) is 4.39 Å². The smallest absolute Gasteiger partial charge is 0.226 e. The Morgan fingerprint density at radius 2 is 1.96 bits per heavy atom. The van der Waals surface area contributed by atoms with Crippen LogP contribution in [0.2, 0.25) is 0 Å². The molecule has 2 aromatic rings. The van der Waals surface area contributed by atoms with Crippen molar-refractivity contribution in [3.63, 3.8) is 0 Å². The highest BCUT2D eigenvalue weighted by Gasteiger charge is 2.48. The molecule has 1 aliphatic carbocycles. The molecule has 130 valence electrons. The summed E-state index contributed by atoms with van der Waals surface area (Å²) < 4.78 is 18.4. The van der Waals surface area contributed by atoms with Crippen LogP contribution < -0.4 is 0 Å². The van der Waals surface area contributed by atoms with E-state index in [1.54, 1.807) is 6.26 Å². The van der Waals surface area contributed by atoms with Gasteiger partial charge in [0.15, 0.2) is 5.78 Å². The maximum Gasteiger partial charge on any atom is 0.226 e. The molecule has 4 nitrogen and oxygen atoms in total. The normalized spacial score (nSPS) is 25.6. The second kappa shape index (κ2) is 6.47. The van der Waals surface area contributed by atoms with Crippen molar-refractivity contribution in [1.29, 1.82) is 0 Å². The van der Waals surface area contributed by atoms with Crippen molar-refractivity contribution in [3.05, 3.63) is 59.8 Å². The van der Waals surface area contributed by atoms with Crippen molar-refractivity contribution in [1.82, 2.24) is 4.90 Å². The van der Waals surface area contributed by atoms with Crippen LogP contribution in [0.5, 0.6) is 0 Å². The molecule has 1 saturated carbocycles. The third-order valence-corrected chi connectivity index (χ3v) is 5.25. The lowest BCUT2D eigenvalue weighted by atomic mass is 9.89. The topological polar surface area (TPSA) is 50.5 Å². The van der Waals surface area contributed by atoms with Gasteiger partial charge >= 0.3 is 0 Å². The van der Waals surface area contributed by atoms with Gasteiger partial charge in [0.1, 0.15) is 11.6 Å². The summed E-state index contributed by atoms with van der Waals surface area (Å²) in [6.45, 7) is 1.16. The van der Waals surface area contributed by atoms with Crippen LogP contribution in [0.1, 0.15) is 41.3 Å². The van der Waals surface area contributed by atoms with Crippen LogP contribution in [0.15, 0.2) is 47.1 Å². The molecule has 1 amide bonds. The van der Waals surface area contributed by atoms with Crippen LogP contribution in [-0.2, 0) is 4.79 Å². The largest absolute Gasteiger partial charge is 0.469 e. The summed E-state index contributed by atoms with van der Waals surface area (Å²) in [5, 5.41) is 0. The zero-order valence-corrected chi connectivity index (χ0v) is 13.9. The van der Waals surface area contributed by atoms with Crippen molar-refractivity contribution in [2.75, 3.05) is 13.1 Å². The van der Waals surface area contributed by atoms with Gasteiger partial charge in [-0.25, -0.2) is 4.39 Å². The van der Waals surface area contributed by atoms with E-state index in [1.165, 1.54) is 24.3 Å². The molecular weight excluding hydrogens is 321 g/mol. The highest BCUT2D eigenvalue weighted by Crippen LogP contribution is 2.48. The minimum Gasteiger partial charge on any atom is -0.469 e. The number of hydrogen-bond donors (Lipinski definition) is 0. The maximum absolute atomic E-state index is 13.0. The number of halogens is 1. The summed E-state index contributed by atoms with van der Waals surface area (Å²) in [5.74, 6) is 0.586. The van der Waals surface area contributed by atoms with E-state index in [4.69, 9.17) is 4.42 Å². The van der Waals surface area contributed by atoms with E-state index in [0.29, 0.717) is 18.7 Å². The van der Waals surface area contributed by atoms with Gasteiger partial charge in [0.2, 0.25) is 5.91 Å². The van der Waals surface area contributed by atoms with Crippen molar-refractivity contribution in [3.8, 4) is 0 Å². The van der Waals surface area contributed by atoms with Gasteiger partial charge in [-0.15, -0.1) is 0 Å². The molecule has 3 atom stereocenters. The average molecular weight is 341 g/mol. The third kappa shape index (κ3) is 3.23. The molecule has 1 aliphatic heterocycles. The van der Waals surface area contributed by atoms with E-state index in [1.807, 2.05) is 17.0 Å². The zero-order valence-electron chi connectivity index (χ0n) is 13.9. The molecule has 1 saturated heterocycles. The van der Waals surface area contributed by atoms with Crippen molar-refractivity contribution < 1.29 is 18.4 Å². The first kappa shape index (κ1) is 16.1. The van der Waals surface area contributed by atoms with Crippen LogP contribution in [0.3, 0.4) is 0 Å². The Hall–Kier alpha value is -2.43. The highest BCUT2D eigenvalue weighted by molar-refractivity contribution is 5.98. The second-order valence-corrected chi connectivity index (χ2v) is 6.96. The summed E-state index contributed by atoms with van der Waals surface area (Å²) >= 11 is 0. The number of rotatable bonds is 4. The number of piperidine rings is 1. The van der Waals surface area contributed by atoms with Gasteiger partial charge < -0.3 is 9.32 Å². The van der Waals surface area contributed by atoms with Gasteiger partial charge in [-0.2, -0.15) is 0 Å². The van der Waals surface area contributed by atoms with Gasteiger partial charge in [-0.05, 0) is 55.7 Å². The molecule has 5 heteroatoms. The number of hydrogen-bond acceptors (Lipinski definition) is 3. The molecule has 2 aliphatic rings. The number of ketones is 1. The Morgan fingerprint density at radius 1 is 1.16 bits per heavy atom. The van der Waals surface area contributed by atoms with Crippen LogP contribution in [0, 0.1) is 17.7 Å². The van der Waals surface area contributed by atoms with E-state index >= 15 is 0 Å². The Balaban J connectivity index is 1.40. The standard InChI is InChI=1S/C20H20FNO3/c21-15-7-5-13(6-8-15)19(23)14-3-1-9-22(12-14)20(24)17-11-16(17)18-4-2-10-25-18/h2,4-8,10,14,16-17H,1,3,9,11-12H2. The lowest BCUT2D eigenvalue weighted by molar-refractivity contribution is -0.134. The van der Waals surface area contributed by atoms with Gasteiger partial charge in [-0.3, -0.25) is 9.59 Å². The Kier molecular flexibility index (Phi) is 4.15. The molecule has 25 heavy (non-hydrogen) atoms. The van der Waals surface area contributed by atoms with Crippen molar-refractivity contribution in [2.45, 2.75) is 25.2 Å². The number of carbonyl (C=O) groups is 2. The van der Waals surface area contributed by atoms with E-state index < -0.39 is 0 Å². The number of benzene rings is 1. The lowest BCUT2D eigenvalue weighted by Crippen LogP contribution is -2.43. The molecular formula is C20H20FNO3. The molecule has 4 rings (SSSR count). The second-order valence-electron chi connectivity index (χ2n) is 6.96. The monoisotopic (exact) mass is 341 g/mol. The fourth-order valence-electron chi connectivity index (χ4n) is 3.76. The predicted octanol–water partition coefficient (Wildman–Crippen LogP) is 3.64. The lowest BCUT2D eigenvalue weighted by Gasteiger charge is -2.32. The number of furan rings is 1. The van der Waals surface area contributed by atoms with Gasteiger partial charge in [-0.1, -0.05) is 0 Å². The van der Waals surface area contributed by atoms with E-state index in [2.05, 4.69) is 0 Å². The number of amides is 1. The SMILES string of the molecule is O=C(c1ccc(F)cc1)C1CCCN(C(=O)C2CC2c2ccco2)C1. The molecule has 2 fully saturated rings. The molecule has 2 heterocycles. The van der Waals surface area contributed by atoms with E-state index in [-0.39, 0.29) is 35.3 Å². The first-order valence-corrected chi connectivity index (χ1v) is 8.75. The maximum atomic E-state index is 13.0. The van der Waals surface area contributed by atoms with Gasteiger partial charge in [0.25, 0.3) is 0 Å². The predicted molar refractivity (Wildman–Crippen MR) is 89.6 cm³/mol. The first-order valence-electron chi connectivity index (χ1n) is 8.75. The third-order valence-electron chi connectivity index (χ3n) is 5.25. The average Bonchev–Trinajstić information content (AvgIpc) is 3.25.